The van der Waals surface area contributed by atoms with Gasteiger partial charge in [0.15, 0.2) is 0 Å². The molecule has 2 heterocycles. The van der Waals surface area contributed by atoms with Crippen molar-refractivity contribution >= 4 is 0 Å². The van der Waals surface area contributed by atoms with Crippen molar-refractivity contribution < 1.29 is 0 Å². The van der Waals surface area contributed by atoms with Crippen molar-refractivity contribution in [2.45, 2.75) is 45.8 Å². The maximum Gasteiger partial charge on any atom is 0.0534 e. The van der Waals surface area contributed by atoms with Gasteiger partial charge in [-0.3, -0.25) is 9.58 Å². The van der Waals surface area contributed by atoms with E-state index >= 15 is 0 Å². The molecule has 1 aliphatic heterocycles. The molecule has 1 fully saturated rings. The van der Waals surface area contributed by atoms with Gasteiger partial charge >= 0.3 is 0 Å². The minimum Gasteiger partial charge on any atom is -0.330 e. The Kier molecular flexibility index (Phi) is 4.18. The molecule has 2 rings (SSSR count). The molecule has 1 aromatic heterocycles. The van der Waals surface area contributed by atoms with Gasteiger partial charge < -0.3 is 5.73 Å². The molecule has 0 radical (unpaired) electrons. The number of nitrogens with two attached hydrogens (primary N) is 1. The lowest BCUT2D eigenvalue weighted by Gasteiger charge is -2.37. The van der Waals surface area contributed by atoms with Crippen LogP contribution < -0.4 is 5.73 Å². The monoisotopic (exact) mass is 236 g/mol. The van der Waals surface area contributed by atoms with Gasteiger partial charge in [-0.25, -0.2) is 0 Å². The first-order valence-electron chi connectivity index (χ1n) is 6.68. The summed E-state index contributed by atoms with van der Waals surface area (Å²) in [6, 6.07) is 0.669. The highest BCUT2D eigenvalue weighted by molar-refractivity contribution is 5.04. The van der Waals surface area contributed by atoms with Crippen LogP contribution in [0.25, 0.3) is 0 Å². The van der Waals surface area contributed by atoms with Crippen molar-refractivity contribution in [1.82, 2.24) is 14.7 Å². The molecule has 4 nitrogen and oxygen atoms in total. The molecule has 4 heteroatoms. The predicted molar refractivity (Wildman–Crippen MR) is 69.6 cm³/mol. The zero-order chi connectivity index (χ0) is 12.3. The quantitative estimate of drug-likeness (QED) is 0.861. The Morgan fingerprint density at radius 1 is 1.47 bits per heavy atom. The summed E-state index contributed by atoms with van der Waals surface area (Å²) in [4.78, 5) is 2.54. The van der Waals surface area contributed by atoms with E-state index < -0.39 is 0 Å². The van der Waals surface area contributed by atoms with Crippen LogP contribution in [-0.2, 0) is 13.1 Å². The van der Waals surface area contributed by atoms with E-state index in [-0.39, 0.29) is 0 Å². The summed E-state index contributed by atoms with van der Waals surface area (Å²) in [5, 5.41) is 4.33. The largest absolute Gasteiger partial charge is 0.330 e. The summed E-state index contributed by atoms with van der Waals surface area (Å²) in [5.74, 6) is 0.674. The molecule has 2 N–H and O–H groups in total. The van der Waals surface area contributed by atoms with E-state index in [9.17, 15) is 0 Å². The van der Waals surface area contributed by atoms with Crippen LogP contribution in [0.1, 0.15) is 32.3 Å². The van der Waals surface area contributed by atoms with Gasteiger partial charge in [0, 0.05) is 37.4 Å². The van der Waals surface area contributed by atoms with Gasteiger partial charge in [-0.1, -0.05) is 0 Å². The van der Waals surface area contributed by atoms with Gasteiger partial charge in [0.1, 0.15) is 0 Å². The second-order valence-corrected chi connectivity index (χ2v) is 5.16. The zero-order valence-electron chi connectivity index (χ0n) is 11.0. The Morgan fingerprint density at radius 3 is 2.94 bits per heavy atom. The fraction of sp³-hybridized carbons (Fsp3) is 0.769. The number of nitrogens with zero attached hydrogens (tertiary/aromatic N) is 3. The van der Waals surface area contributed by atoms with Crippen LogP contribution in [0.2, 0.25) is 0 Å². The molecule has 96 valence electrons. The molecule has 2 atom stereocenters. The summed E-state index contributed by atoms with van der Waals surface area (Å²) in [6.45, 7) is 8.34. The first-order valence-corrected chi connectivity index (χ1v) is 6.68. The van der Waals surface area contributed by atoms with Crippen LogP contribution in [-0.4, -0.2) is 33.8 Å². The van der Waals surface area contributed by atoms with Crippen molar-refractivity contribution in [2.24, 2.45) is 11.7 Å². The van der Waals surface area contributed by atoms with Crippen LogP contribution in [0, 0.1) is 5.92 Å². The van der Waals surface area contributed by atoms with Crippen LogP contribution in [0.5, 0.6) is 0 Å². The Hall–Kier alpha value is -0.870. The average molecular weight is 236 g/mol. The average Bonchev–Trinajstić information content (AvgIpc) is 2.80. The van der Waals surface area contributed by atoms with Gasteiger partial charge in [-0.05, 0) is 39.2 Å². The van der Waals surface area contributed by atoms with Crippen LogP contribution in [0.15, 0.2) is 12.4 Å². The SMILES string of the molecule is CCn1cc(CN2CC(CN)CCC2C)cn1. The third-order valence-electron chi connectivity index (χ3n) is 3.84. The summed E-state index contributed by atoms with van der Waals surface area (Å²) in [7, 11) is 0. The molecule has 0 saturated carbocycles. The summed E-state index contributed by atoms with van der Waals surface area (Å²) in [6.07, 6.45) is 6.69. The normalized spacial score (nSPS) is 26.3. The van der Waals surface area contributed by atoms with Gasteiger partial charge in [0.25, 0.3) is 0 Å². The third-order valence-corrected chi connectivity index (χ3v) is 3.84. The fourth-order valence-corrected chi connectivity index (χ4v) is 2.57. The van der Waals surface area contributed by atoms with Gasteiger partial charge in [-0.2, -0.15) is 5.10 Å². The molecule has 0 aromatic carbocycles. The van der Waals surface area contributed by atoms with Crippen LogP contribution in [0.4, 0.5) is 0 Å². The summed E-state index contributed by atoms with van der Waals surface area (Å²) < 4.78 is 1.99. The zero-order valence-corrected chi connectivity index (χ0v) is 11.0. The predicted octanol–water partition coefficient (Wildman–Crippen LogP) is 1.46. The van der Waals surface area contributed by atoms with Crippen LogP contribution >= 0.6 is 0 Å². The van der Waals surface area contributed by atoms with E-state index in [1.54, 1.807) is 0 Å². The van der Waals surface area contributed by atoms with Crippen molar-refractivity contribution in [3.8, 4) is 0 Å². The van der Waals surface area contributed by atoms with Crippen molar-refractivity contribution in [1.29, 1.82) is 0 Å². The molecule has 0 aliphatic carbocycles. The van der Waals surface area contributed by atoms with E-state index in [4.69, 9.17) is 5.73 Å². The number of piperidine rings is 1. The number of aromatic nitrogens is 2. The van der Waals surface area contributed by atoms with Crippen LogP contribution in [0.3, 0.4) is 0 Å². The first kappa shape index (κ1) is 12.6. The van der Waals surface area contributed by atoms with Crippen molar-refractivity contribution in [3.63, 3.8) is 0 Å². The molecule has 1 aliphatic rings. The van der Waals surface area contributed by atoms with E-state index in [1.165, 1.54) is 18.4 Å². The second kappa shape index (κ2) is 5.65. The fourth-order valence-electron chi connectivity index (χ4n) is 2.57. The highest BCUT2D eigenvalue weighted by Gasteiger charge is 2.24. The summed E-state index contributed by atoms with van der Waals surface area (Å²) in [5.41, 5.74) is 7.10. The summed E-state index contributed by atoms with van der Waals surface area (Å²) >= 11 is 0. The van der Waals surface area contributed by atoms with Gasteiger partial charge in [0.05, 0.1) is 6.20 Å². The van der Waals surface area contributed by atoms with Crippen molar-refractivity contribution in [3.05, 3.63) is 18.0 Å². The highest BCUT2D eigenvalue weighted by atomic mass is 15.3. The molecule has 0 bridgehead atoms. The van der Waals surface area contributed by atoms with E-state index in [0.29, 0.717) is 12.0 Å². The Morgan fingerprint density at radius 2 is 2.29 bits per heavy atom. The topological polar surface area (TPSA) is 47.1 Å². The number of rotatable bonds is 4. The van der Waals surface area contributed by atoms with E-state index in [2.05, 4.69) is 30.0 Å². The minimum atomic E-state index is 0.669. The minimum absolute atomic E-state index is 0.669. The van der Waals surface area contributed by atoms with Gasteiger partial charge in [0.2, 0.25) is 0 Å². The molecule has 2 unspecified atom stereocenters. The number of hydrogen-bond acceptors (Lipinski definition) is 3. The molecule has 17 heavy (non-hydrogen) atoms. The Balaban J connectivity index is 1.96. The molecule has 0 amide bonds. The lowest BCUT2D eigenvalue weighted by Crippen LogP contribution is -2.43. The molecular formula is C13H24N4. The lowest BCUT2D eigenvalue weighted by molar-refractivity contribution is 0.113. The van der Waals surface area contributed by atoms with Gasteiger partial charge in [-0.15, -0.1) is 0 Å². The maximum atomic E-state index is 5.79. The number of hydrogen-bond donors (Lipinski definition) is 1. The Bertz CT molecular complexity index is 347. The molecule has 1 aromatic rings. The Labute approximate surface area is 104 Å². The van der Waals surface area contributed by atoms with E-state index in [0.717, 1.165) is 26.2 Å². The first-order chi connectivity index (χ1) is 8.22. The van der Waals surface area contributed by atoms with E-state index in [1.807, 2.05) is 10.9 Å². The molecule has 0 spiro atoms. The number of likely N-dealkylation sites (tertiary alicyclic amines) is 1. The standard InChI is InChI=1S/C13H24N4/c1-3-17-10-13(7-15-17)9-16-8-12(6-14)5-4-11(16)2/h7,10-12H,3-6,8-9,14H2,1-2H3. The lowest BCUT2D eigenvalue weighted by atomic mass is 9.93. The smallest absolute Gasteiger partial charge is 0.0534 e. The second-order valence-electron chi connectivity index (χ2n) is 5.16. The van der Waals surface area contributed by atoms with Crippen molar-refractivity contribution in [2.75, 3.05) is 13.1 Å². The third kappa shape index (κ3) is 3.07. The molecule has 1 saturated heterocycles. The molecular weight excluding hydrogens is 212 g/mol. The highest BCUT2D eigenvalue weighted by Crippen LogP contribution is 2.22. The maximum absolute atomic E-state index is 5.79. The number of aryl methyl sites for hydroxylation is 1.